The van der Waals surface area contributed by atoms with Crippen LogP contribution in [0.1, 0.15) is 39.5 Å². The Labute approximate surface area is 114 Å². The topological polar surface area (TPSA) is 44.7 Å². The molecule has 0 aliphatic carbocycles. The third-order valence-corrected chi connectivity index (χ3v) is 4.43. The lowest BCUT2D eigenvalue weighted by molar-refractivity contribution is -0.133. The molecule has 2 atom stereocenters. The summed E-state index contributed by atoms with van der Waals surface area (Å²) in [5.74, 6) is 1.31. The lowest BCUT2D eigenvalue weighted by Crippen LogP contribution is -2.48. The zero-order valence-electron chi connectivity index (χ0n) is 11.3. The quantitative estimate of drug-likeness (QED) is 0.832. The molecule has 2 aliphatic rings. The van der Waals surface area contributed by atoms with Gasteiger partial charge < -0.3 is 10.2 Å². The minimum absolute atomic E-state index is 0.153. The zero-order valence-corrected chi connectivity index (χ0v) is 12.1. The molecule has 1 saturated heterocycles. The number of piperidine rings is 1. The summed E-state index contributed by atoms with van der Waals surface area (Å²) in [6.45, 7) is 5.90. The van der Waals surface area contributed by atoms with Gasteiger partial charge in [0, 0.05) is 18.8 Å². The number of hydrogen-bond donors (Lipinski definition) is 1. The molecule has 18 heavy (non-hydrogen) atoms. The Morgan fingerprint density at radius 1 is 1.44 bits per heavy atom. The third kappa shape index (κ3) is 3.64. The average Bonchev–Trinajstić information content (AvgIpc) is 2.39. The van der Waals surface area contributed by atoms with E-state index >= 15 is 0 Å². The van der Waals surface area contributed by atoms with E-state index in [1.54, 1.807) is 11.8 Å². The van der Waals surface area contributed by atoms with Crippen molar-refractivity contribution in [2.24, 2.45) is 4.99 Å². The van der Waals surface area contributed by atoms with Crippen LogP contribution < -0.4 is 5.32 Å². The van der Waals surface area contributed by atoms with Crippen molar-refractivity contribution in [1.29, 1.82) is 0 Å². The number of nitrogens with zero attached hydrogens (tertiary/aromatic N) is 2. The van der Waals surface area contributed by atoms with Crippen LogP contribution in [0.2, 0.25) is 0 Å². The largest absolute Gasteiger partial charge is 0.353 e. The van der Waals surface area contributed by atoms with E-state index in [-0.39, 0.29) is 11.9 Å². The Balaban J connectivity index is 1.86. The van der Waals surface area contributed by atoms with E-state index in [4.69, 9.17) is 0 Å². The number of rotatable bonds is 2. The Kier molecular flexibility index (Phi) is 4.92. The fourth-order valence-electron chi connectivity index (χ4n) is 2.34. The minimum Gasteiger partial charge on any atom is -0.353 e. The highest BCUT2D eigenvalue weighted by Gasteiger charge is 2.23. The lowest BCUT2D eigenvalue weighted by atomic mass is 10.1. The first-order valence-electron chi connectivity index (χ1n) is 6.93. The number of amidine groups is 1. The molecule has 2 heterocycles. The van der Waals surface area contributed by atoms with Crippen LogP contribution in [0.15, 0.2) is 4.99 Å². The van der Waals surface area contributed by atoms with Crippen LogP contribution in [0.25, 0.3) is 0 Å². The van der Waals surface area contributed by atoms with Crippen molar-refractivity contribution in [2.75, 3.05) is 18.8 Å². The highest BCUT2D eigenvalue weighted by Crippen LogP contribution is 2.16. The van der Waals surface area contributed by atoms with E-state index in [1.165, 1.54) is 6.42 Å². The normalized spacial score (nSPS) is 26.4. The molecule has 2 unspecified atom stereocenters. The second-order valence-electron chi connectivity index (χ2n) is 5.17. The van der Waals surface area contributed by atoms with Crippen LogP contribution >= 0.6 is 11.8 Å². The van der Waals surface area contributed by atoms with Crippen LogP contribution in [-0.4, -0.2) is 46.9 Å². The lowest BCUT2D eigenvalue weighted by Gasteiger charge is -2.30. The summed E-state index contributed by atoms with van der Waals surface area (Å²) in [5, 5.41) is 4.20. The van der Waals surface area contributed by atoms with Crippen molar-refractivity contribution in [2.45, 2.75) is 51.6 Å². The van der Waals surface area contributed by atoms with Crippen LogP contribution in [0.4, 0.5) is 0 Å². The van der Waals surface area contributed by atoms with Gasteiger partial charge in [-0.05, 0) is 39.5 Å². The fourth-order valence-corrected chi connectivity index (χ4v) is 3.51. The summed E-state index contributed by atoms with van der Waals surface area (Å²) in [5.41, 5.74) is 0. The smallest absolute Gasteiger partial charge is 0.244 e. The van der Waals surface area contributed by atoms with Crippen LogP contribution in [-0.2, 0) is 4.79 Å². The summed E-state index contributed by atoms with van der Waals surface area (Å²) in [6, 6.07) is 0.227. The first-order valence-corrected chi connectivity index (χ1v) is 7.91. The molecular weight excluding hydrogens is 246 g/mol. The summed E-state index contributed by atoms with van der Waals surface area (Å²) < 4.78 is 0. The molecule has 5 heteroatoms. The third-order valence-electron chi connectivity index (χ3n) is 3.49. The molecule has 1 amide bonds. The number of aliphatic imine (C=N–C) groups is 1. The van der Waals surface area contributed by atoms with Gasteiger partial charge in [0.1, 0.15) is 6.04 Å². The molecule has 0 aromatic carbocycles. The Hall–Kier alpha value is -0.710. The number of hydrogen-bond acceptors (Lipinski definition) is 4. The first kappa shape index (κ1) is 13.7. The van der Waals surface area contributed by atoms with Gasteiger partial charge in [0.05, 0.1) is 6.04 Å². The molecule has 2 rings (SSSR count). The SMILES string of the molecule is CC1CCSC(NC(C)C(=O)N2CCCCC2)=N1. The molecular formula is C13H23N3OS. The summed E-state index contributed by atoms with van der Waals surface area (Å²) in [4.78, 5) is 18.8. The Bertz CT molecular complexity index is 326. The van der Waals surface area contributed by atoms with Gasteiger partial charge in [-0.2, -0.15) is 0 Å². The van der Waals surface area contributed by atoms with Crippen molar-refractivity contribution < 1.29 is 4.79 Å². The summed E-state index contributed by atoms with van der Waals surface area (Å²) in [7, 11) is 0. The van der Waals surface area contributed by atoms with E-state index in [2.05, 4.69) is 17.2 Å². The predicted molar refractivity (Wildman–Crippen MR) is 77.0 cm³/mol. The van der Waals surface area contributed by atoms with E-state index in [1.807, 2.05) is 11.8 Å². The number of carbonyl (C=O) groups is 1. The van der Waals surface area contributed by atoms with Crippen molar-refractivity contribution in [3.05, 3.63) is 0 Å². The first-order chi connectivity index (χ1) is 8.66. The van der Waals surface area contributed by atoms with Gasteiger partial charge in [0.25, 0.3) is 0 Å². The number of carbonyl (C=O) groups excluding carboxylic acids is 1. The molecule has 0 saturated carbocycles. The monoisotopic (exact) mass is 269 g/mol. The van der Waals surface area contributed by atoms with Crippen molar-refractivity contribution in [3.8, 4) is 0 Å². The van der Waals surface area contributed by atoms with Gasteiger partial charge in [-0.3, -0.25) is 9.79 Å². The highest BCUT2D eigenvalue weighted by atomic mass is 32.2. The molecule has 2 aliphatic heterocycles. The van der Waals surface area contributed by atoms with Gasteiger partial charge >= 0.3 is 0 Å². The Morgan fingerprint density at radius 2 is 2.17 bits per heavy atom. The van der Waals surface area contributed by atoms with Crippen molar-refractivity contribution >= 4 is 22.8 Å². The molecule has 1 N–H and O–H groups in total. The average molecular weight is 269 g/mol. The number of thioether (sulfide) groups is 1. The molecule has 0 bridgehead atoms. The molecule has 0 spiro atoms. The number of likely N-dealkylation sites (tertiary alicyclic amines) is 1. The van der Waals surface area contributed by atoms with Gasteiger partial charge in [-0.1, -0.05) is 11.8 Å². The predicted octanol–water partition coefficient (Wildman–Crippen LogP) is 1.86. The van der Waals surface area contributed by atoms with Gasteiger partial charge in [0.15, 0.2) is 5.17 Å². The molecule has 0 aromatic heterocycles. The molecule has 0 radical (unpaired) electrons. The maximum atomic E-state index is 12.3. The van der Waals surface area contributed by atoms with Gasteiger partial charge in [-0.25, -0.2) is 0 Å². The second kappa shape index (κ2) is 6.45. The van der Waals surface area contributed by atoms with E-state index < -0.39 is 0 Å². The molecule has 102 valence electrons. The van der Waals surface area contributed by atoms with E-state index in [0.717, 1.165) is 43.3 Å². The maximum absolute atomic E-state index is 12.3. The van der Waals surface area contributed by atoms with E-state index in [9.17, 15) is 4.79 Å². The fraction of sp³-hybridized carbons (Fsp3) is 0.846. The Morgan fingerprint density at radius 3 is 2.83 bits per heavy atom. The minimum atomic E-state index is -0.153. The zero-order chi connectivity index (χ0) is 13.0. The maximum Gasteiger partial charge on any atom is 0.244 e. The molecule has 0 aromatic rings. The number of amides is 1. The van der Waals surface area contributed by atoms with Crippen LogP contribution in [0.5, 0.6) is 0 Å². The van der Waals surface area contributed by atoms with Crippen molar-refractivity contribution in [1.82, 2.24) is 10.2 Å². The molecule has 1 fully saturated rings. The highest BCUT2D eigenvalue weighted by molar-refractivity contribution is 8.13. The van der Waals surface area contributed by atoms with Crippen LogP contribution in [0, 0.1) is 0 Å². The standard InChI is InChI=1S/C13H23N3OS/c1-10-6-9-18-13(14-10)15-11(2)12(17)16-7-4-3-5-8-16/h10-11H,3-9H2,1-2H3,(H,14,15). The van der Waals surface area contributed by atoms with Crippen LogP contribution in [0.3, 0.4) is 0 Å². The van der Waals surface area contributed by atoms with Crippen molar-refractivity contribution in [3.63, 3.8) is 0 Å². The van der Waals surface area contributed by atoms with Gasteiger partial charge in [-0.15, -0.1) is 0 Å². The second-order valence-corrected chi connectivity index (χ2v) is 6.26. The number of nitrogens with one attached hydrogen (secondary N) is 1. The van der Waals surface area contributed by atoms with Gasteiger partial charge in [0.2, 0.25) is 5.91 Å². The van der Waals surface area contributed by atoms with E-state index in [0.29, 0.717) is 6.04 Å². The summed E-state index contributed by atoms with van der Waals surface area (Å²) >= 11 is 1.73. The summed E-state index contributed by atoms with van der Waals surface area (Å²) in [6.07, 6.45) is 4.67. The molecule has 4 nitrogen and oxygen atoms in total.